The summed E-state index contributed by atoms with van der Waals surface area (Å²) in [4.78, 5) is 37.2. The number of hydrogen-bond donors (Lipinski definition) is 3. The van der Waals surface area contributed by atoms with E-state index in [-0.39, 0.29) is 40.4 Å². The van der Waals surface area contributed by atoms with Crippen molar-refractivity contribution in [2.45, 2.75) is 70.8 Å². The third-order valence-corrected chi connectivity index (χ3v) is 11.2. The van der Waals surface area contributed by atoms with Crippen LogP contribution in [0.3, 0.4) is 0 Å². The molecule has 1 aliphatic carbocycles. The number of carbonyl (C=O) groups is 3. The molecule has 1 fully saturated rings. The van der Waals surface area contributed by atoms with Gasteiger partial charge in [-0.2, -0.15) is 0 Å². The molecular weight excluding hydrogens is 452 g/mol. The molecule has 0 bridgehead atoms. The zero-order valence-corrected chi connectivity index (χ0v) is 21.6. The van der Waals surface area contributed by atoms with Gasteiger partial charge in [0.2, 0.25) is 5.91 Å². The number of aromatic nitrogens is 1. The quantitative estimate of drug-likeness (QED) is 0.407. The molecule has 0 saturated heterocycles. The van der Waals surface area contributed by atoms with E-state index in [0.29, 0.717) is 18.6 Å². The van der Waals surface area contributed by atoms with Gasteiger partial charge >= 0.3 is 0 Å². The summed E-state index contributed by atoms with van der Waals surface area (Å²) >= 11 is 0. The van der Waals surface area contributed by atoms with Gasteiger partial charge in [0.05, 0.1) is 0 Å². The van der Waals surface area contributed by atoms with Gasteiger partial charge in [0.25, 0.3) is 11.8 Å². The first-order chi connectivity index (χ1) is 15.9. The number of hydrazine groups is 1. The van der Waals surface area contributed by atoms with Crippen molar-refractivity contribution < 1.29 is 23.3 Å². The maximum absolute atomic E-state index is 12.4. The van der Waals surface area contributed by atoms with Crippen LogP contribution in [0, 0.1) is 5.92 Å². The van der Waals surface area contributed by atoms with E-state index in [1.54, 1.807) is 13.0 Å². The smallest absolute Gasteiger partial charge is 0.273 e. The van der Waals surface area contributed by atoms with E-state index in [9.17, 15) is 14.4 Å². The van der Waals surface area contributed by atoms with Crippen LogP contribution >= 0.6 is 0 Å². The number of rotatable bonds is 7. The largest absolute Gasteiger partial charge is 0.405 e. The van der Waals surface area contributed by atoms with Crippen molar-refractivity contribution in [2.24, 2.45) is 5.92 Å². The van der Waals surface area contributed by atoms with Gasteiger partial charge in [0, 0.05) is 23.6 Å². The SMILES string of the molecule is C[C@@H](O[Si](C)(C)C(C)(C)C)C(=O)NNC(=O)C1CC(NC(=O)c2cc(-c3ccccc3)on2)C1. The molecule has 0 unspecified atom stereocenters. The van der Waals surface area contributed by atoms with Gasteiger partial charge in [-0.15, -0.1) is 0 Å². The van der Waals surface area contributed by atoms with Crippen molar-refractivity contribution >= 4 is 26.0 Å². The molecule has 2 aromatic rings. The van der Waals surface area contributed by atoms with Gasteiger partial charge in [-0.1, -0.05) is 56.3 Å². The first-order valence-corrected chi connectivity index (χ1v) is 14.4. The molecule has 1 saturated carbocycles. The molecule has 1 aliphatic rings. The van der Waals surface area contributed by atoms with E-state index in [1.807, 2.05) is 30.3 Å². The molecule has 0 spiro atoms. The van der Waals surface area contributed by atoms with Crippen LogP contribution in [0.15, 0.2) is 40.9 Å². The number of carbonyl (C=O) groups excluding carboxylic acids is 3. The van der Waals surface area contributed by atoms with Gasteiger partial charge in [-0.3, -0.25) is 25.2 Å². The van der Waals surface area contributed by atoms with Crippen LogP contribution in [0.5, 0.6) is 0 Å². The Balaban J connectivity index is 1.40. The number of nitrogens with zero attached hydrogens (tertiary/aromatic N) is 1. The maximum atomic E-state index is 12.4. The molecule has 1 aromatic carbocycles. The molecule has 184 valence electrons. The molecule has 3 rings (SSSR count). The van der Waals surface area contributed by atoms with Crippen LogP contribution in [-0.2, 0) is 14.0 Å². The molecule has 1 heterocycles. The first kappa shape index (κ1) is 25.6. The van der Waals surface area contributed by atoms with E-state index in [1.165, 1.54) is 0 Å². The minimum absolute atomic E-state index is 0.0226. The van der Waals surface area contributed by atoms with Crippen molar-refractivity contribution in [1.82, 2.24) is 21.3 Å². The highest BCUT2D eigenvalue weighted by Crippen LogP contribution is 2.37. The monoisotopic (exact) mass is 486 g/mol. The lowest BCUT2D eigenvalue weighted by Crippen LogP contribution is -2.55. The van der Waals surface area contributed by atoms with Crippen molar-refractivity contribution in [2.75, 3.05) is 0 Å². The number of amides is 3. The van der Waals surface area contributed by atoms with Crippen LogP contribution in [-0.4, -0.2) is 43.3 Å². The molecule has 34 heavy (non-hydrogen) atoms. The highest BCUT2D eigenvalue weighted by molar-refractivity contribution is 6.74. The third-order valence-electron chi connectivity index (χ3n) is 6.60. The Morgan fingerprint density at radius 3 is 2.38 bits per heavy atom. The average Bonchev–Trinajstić information content (AvgIpc) is 3.24. The van der Waals surface area contributed by atoms with Crippen LogP contribution in [0.25, 0.3) is 11.3 Å². The second-order valence-corrected chi connectivity index (χ2v) is 15.0. The summed E-state index contributed by atoms with van der Waals surface area (Å²) in [6.07, 6.45) is 0.289. The van der Waals surface area contributed by atoms with Gasteiger partial charge in [0.1, 0.15) is 6.10 Å². The minimum Gasteiger partial charge on any atom is -0.405 e. The second kappa shape index (κ2) is 10.1. The summed E-state index contributed by atoms with van der Waals surface area (Å²) in [5.74, 6) is -0.799. The van der Waals surface area contributed by atoms with Crippen LogP contribution in [0.2, 0.25) is 18.1 Å². The highest BCUT2D eigenvalue weighted by atomic mass is 28.4. The summed E-state index contributed by atoms with van der Waals surface area (Å²) in [7, 11) is -2.10. The highest BCUT2D eigenvalue weighted by Gasteiger charge is 2.40. The predicted molar refractivity (Wildman–Crippen MR) is 130 cm³/mol. The van der Waals surface area contributed by atoms with Crippen LogP contribution in [0.1, 0.15) is 51.0 Å². The summed E-state index contributed by atoms with van der Waals surface area (Å²) in [5.41, 5.74) is 5.95. The summed E-state index contributed by atoms with van der Waals surface area (Å²) in [6.45, 7) is 12.1. The summed E-state index contributed by atoms with van der Waals surface area (Å²) in [5, 5.41) is 6.68. The Bertz CT molecular complexity index is 1030. The normalized spacial score (nSPS) is 19.0. The van der Waals surface area contributed by atoms with E-state index in [2.05, 4.69) is 55.2 Å². The fourth-order valence-corrected chi connectivity index (χ4v) is 4.67. The lowest BCUT2D eigenvalue weighted by molar-refractivity contribution is -0.136. The Morgan fingerprint density at radius 2 is 1.76 bits per heavy atom. The Kier molecular flexibility index (Phi) is 7.62. The zero-order chi connectivity index (χ0) is 25.1. The third kappa shape index (κ3) is 6.12. The maximum Gasteiger partial charge on any atom is 0.273 e. The first-order valence-electron chi connectivity index (χ1n) is 11.5. The topological polar surface area (TPSA) is 123 Å². The molecule has 3 N–H and O–H groups in total. The van der Waals surface area contributed by atoms with E-state index >= 15 is 0 Å². The van der Waals surface area contributed by atoms with E-state index < -0.39 is 14.4 Å². The van der Waals surface area contributed by atoms with Crippen LogP contribution < -0.4 is 16.2 Å². The van der Waals surface area contributed by atoms with Crippen LogP contribution in [0.4, 0.5) is 0 Å². The summed E-state index contributed by atoms with van der Waals surface area (Å²) in [6, 6.07) is 10.8. The van der Waals surface area contributed by atoms with E-state index in [0.717, 1.165) is 5.56 Å². The molecule has 9 nitrogen and oxygen atoms in total. The summed E-state index contributed by atoms with van der Waals surface area (Å²) < 4.78 is 11.3. The lowest BCUT2D eigenvalue weighted by atomic mass is 9.79. The number of benzene rings is 1. The standard InChI is InChI=1S/C24H34N4O5Si/c1-15(33-34(5,6)24(2,3)4)21(29)26-27-22(30)17-12-18(13-17)25-23(31)19-14-20(32-28-19)16-10-8-7-9-11-16/h7-11,14-15,17-18H,12-13H2,1-6H3,(H,25,31)(H,26,29)(H,27,30)/t15-,17?,18?/m1/s1. The molecule has 10 heteroatoms. The molecule has 1 aromatic heterocycles. The second-order valence-electron chi connectivity index (χ2n) is 10.3. The minimum atomic E-state index is -2.10. The Labute approximate surface area is 201 Å². The van der Waals surface area contributed by atoms with Gasteiger partial charge in [0.15, 0.2) is 19.8 Å². The fourth-order valence-electron chi connectivity index (χ4n) is 3.33. The fraction of sp³-hybridized carbons (Fsp3) is 0.500. The Hall–Kier alpha value is -2.98. The van der Waals surface area contributed by atoms with Crippen molar-refractivity contribution in [3.63, 3.8) is 0 Å². The number of hydrogen-bond acceptors (Lipinski definition) is 6. The van der Waals surface area contributed by atoms with Crippen molar-refractivity contribution in [3.05, 3.63) is 42.1 Å². The van der Waals surface area contributed by atoms with Gasteiger partial charge in [-0.05, 0) is 37.9 Å². The molecule has 3 amide bonds. The van der Waals surface area contributed by atoms with Gasteiger partial charge < -0.3 is 14.3 Å². The van der Waals surface area contributed by atoms with Gasteiger partial charge in [-0.25, -0.2) is 0 Å². The predicted octanol–water partition coefficient (Wildman–Crippen LogP) is 3.41. The van der Waals surface area contributed by atoms with Crippen molar-refractivity contribution in [1.29, 1.82) is 0 Å². The number of nitrogens with one attached hydrogen (secondary N) is 3. The molecule has 1 atom stereocenters. The molecule has 0 aliphatic heterocycles. The zero-order valence-electron chi connectivity index (χ0n) is 20.6. The molecular formula is C24H34N4O5Si. The van der Waals surface area contributed by atoms with Crippen molar-refractivity contribution in [3.8, 4) is 11.3 Å². The Morgan fingerprint density at radius 1 is 1.12 bits per heavy atom. The van der Waals surface area contributed by atoms with E-state index in [4.69, 9.17) is 8.95 Å². The average molecular weight is 487 g/mol. The molecule has 0 radical (unpaired) electrons. The lowest BCUT2D eigenvalue weighted by Gasteiger charge is -2.38.